The van der Waals surface area contributed by atoms with E-state index in [1.807, 2.05) is 6.07 Å². The maximum atomic E-state index is 13.1. The Morgan fingerprint density at radius 2 is 1.81 bits per heavy atom. The lowest BCUT2D eigenvalue weighted by Gasteiger charge is -2.14. The standard InChI is InChI=1S/C22H17FN4O3S/c1-13(24-21(29)15-5-3-2-4-6-15)20(28)25-17-11-12-31-18(17)22-26-19(27-30-22)14-7-9-16(23)10-8-14/h2-13H,1H3,(H,24,29)(H,25,28)/t13-/m1/s1. The van der Waals surface area contributed by atoms with Gasteiger partial charge >= 0.3 is 0 Å². The van der Waals surface area contributed by atoms with E-state index in [1.54, 1.807) is 54.8 Å². The lowest BCUT2D eigenvalue weighted by atomic mass is 10.2. The van der Waals surface area contributed by atoms with Gasteiger partial charge in [-0.25, -0.2) is 4.39 Å². The van der Waals surface area contributed by atoms with Gasteiger partial charge < -0.3 is 15.2 Å². The van der Waals surface area contributed by atoms with Crippen LogP contribution in [0.5, 0.6) is 0 Å². The van der Waals surface area contributed by atoms with E-state index in [1.165, 1.54) is 23.5 Å². The van der Waals surface area contributed by atoms with Crippen molar-refractivity contribution >= 4 is 28.8 Å². The maximum absolute atomic E-state index is 13.1. The number of amides is 2. The van der Waals surface area contributed by atoms with E-state index < -0.39 is 6.04 Å². The highest BCUT2D eigenvalue weighted by molar-refractivity contribution is 7.14. The Hall–Kier alpha value is -3.85. The Kier molecular flexibility index (Phi) is 5.85. The molecule has 0 spiro atoms. The minimum atomic E-state index is -0.766. The molecule has 9 heteroatoms. The molecule has 0 bridgehead atoms. The zero-order valence-corrected chi connectivity index (χ0v) is 17.2. The van der Waals surface area contributed by atoms with Crippen LogP contribution in [0.2, 0.25) is 0 Å². The van der Waals surface area contributed by atoms with Crippen LogP contribution < -0.4 is 10.6 Å². The van der Waals surface area contributed by atoms with Gasteiger partial charge in [0.15, 0.2) is 0 Å². The fourth-order valence-corrected chi connectivity index (χ4v) is 3.55. The molecule has 0 saturated heterocycles. The molecule has 0 fully saturated rings. The Morgan fingerprint density at radius 3 is 2.55 bits per heavy atom. The predicted octanol–water partition coefficient (Wildman–Crippen LogP) is 4.36. The lowest BCUT2D eigenvalue weighted by Crippen LogP contribution is -2.41. The van der Waals surface area contributed by atoms with Crippen molar-refractivity contribution in [2.24, 2.45) is 0 Å². The first-order chi connectivity index (χ1) is 15.0. The SMILES string of the molecule is C[C@@H](NC(=O)c1ccccc1)C(=O)Nc1ccsc1-c1nc(-c2ccc(F)cc2)no1. The molecule has 7 nitrogen and oxygen atoms in total. The van der Waals surface area contributed by atoms with Crippen molar-refractivity contribution in [3.63, 3.8) is 0 Å². The van der Waals surface area contributed by atoms with E-state index in [0.29, 0.717) is 27.5 Å². The number of hydrogen-bond donors (Lipinski definition) is 2. The second kappa shape index (κ2) is 8.88. The second-order valence-electron chi connectivity index (χ2n) is 6.64. The number of rotatable bonds is 6. The van der Waals surface area contributed by atoms with Crippen LogP contribution in [0.25, 0.3) is 22.2 Å². The minimum Gasteiger partial charge on any atom is -0.341 e. The summed E-state index contributed by atoms with van der Waals surface area (Å²) in [6, 6.07) is 15.3. The van der Waals surface area contributed by atoms with Gasteiger partial charge in [-0.05, 0) is 54.8 Å². The van der Waals surface area contributed by atoms with Crippen LogP contribution in [0.4, 0.5) is 10.1 Å². The van der Waals surface area contributed by atoms with Gasteiger partial charge in [-0.15, -0.1) is 11.3 Å². The summed E-state index contributed by atoms with van der Waals surface area (Å²) in [7, 11) is 0. The minimum absolute atomic E-state index is 0.227. The molecule has 0 unspecified atom stereocenters. The average molecular weight is 436 g/mol. The number of nitrogens with one attached hydrogen (secondary N) is 2. The van der Waals surface area contributed by atoms with Gasteiger partial charge in [0.25, 0.3) is 11.8 Å². The third-order valence-electron chi connectivity index (χ3n) is 4.42. The molecule has 2 heterocycles. The van der Waals surface area contributed by atoms with Crippen molar-refractivity contribution in [3.05, 3.63) is 77.4 Å². The molecule has 31 heavy (non-hydrogen) atoms. The van der Waals surface area contributed by atoms with Crippen molar-refractivity contribution in [3.8, 4) is 22.2 Å². The zero-order valence-electron chi connectivity index (χ0n) is 16.3. The quantitative estimate of drug-likeness (QED) is 0.468. The van der Waals surface area contributed by atoms with Gasteiger partial charge in [0, 0.05) is 11.1 Å². The molecule has 0 aliphatic rings. The molecule has 0 radical (unpaired) electrons. The van der Waals surface area contributed by atoms with Gasteiger partial charge in [0.1, 0.15) is 16.7 Å². The molecule has 0 saturated carbocycles. The highest BCUT2D eigenvalue weighted by atomic mass is 32.1. The van der Waals surface area contributed by atoms with Crippen LogP contribution >= 0.6 is 11.3 Å². The summed E-state index contributed by atoms with van der Waals surface area (Å²) >= 11 is 1.32. The number of aromatic nitrogens is 2. The highest BCUT2D eigenvalue weighted by Gasteiger charge is 2.21. The molecule has 4 rings (SSSR count). The van der Waals surface area contributed by atoms with Crippen molar-refractivity contribution < 1.29 is 18.5 Å². The molecule has 2 N–H and O–H groups in total. The fourth-order valence-electron chi connectivity index (χ4n) is 2.78. The first-order valence-corrected chi connectivity index (χ1v) is 10.2. The summed E-state index contributed by atoms with van der Waals surface area (Å²) in [5.74, 6) is -0.546. The number of thiophene rings is 1. The molecule has 2 aromatic carbocycles. The Labute approximate surface area is 180 Å². The van der Waals surface area contributed by atoms with Crippen molar-refractivity contribution in [1.29, 1.82) is 0 Å². The first-order valence-electron chi connectivity index (χ1n) is 9.35. The smallest absolute Gasteiger partial charge is 0.270 e. The normalized spacial score (nSPS) is 11.7. The summed E-state index contributed by atoms with van der Waals surface area (Å²) in [6.07, 6.45) is 0. The van der Waals surface area contributed by atoms with Gasteiger partial charge in [0.2, 0.25) is 11.7 Å². The molecule has 1 atom stereocenters. The molecule has 2 amide bonds. The average Bonchev–Trinajstić information content (AvgIpc) is 3.44. The second-order valence-corrected chi connectivity index (χ2v) is 7.56. The van der Waals surface area contributed by atoms with E-state index in [2.05, 4.69) is 20.8 Å². The van der Waals surface area contributed by atoms with Crippen LogP contribution in [0.1, 0.15) is 17.3 Å². The van der Waals surface area contributed by atoms with Gasteiger partial charge in [-0.2, -0.15) is 4.98 Å². The van der Waals surface area contributed by atoms with Crippen LogP contribution in [-0.2, 0) is 4.79 Å². The number of anilines is 1. The van der Waals surface area contributed by atoms with Crippen LogP contribution in [0, 0.1) is 5.82 Å². The van der Waals surface area contributed by atoms with Crippen molar-refractivity contribution in [2.45, 2.75) is 13.0 Å². The molecule has 0 aliphatic carbocycles. The zero-order chi connectivity index (χ0) is 21.8. The summed E-state index contributed by atoms with van der Waals surface area (Å²) < 4.78 is 18.5. The number of hydrogen-bond acceptors (Lipinski definition) is 6. The summed E-state index contributed by atoms with van der Waals surface area (Å²) in [6.45, 7) is 1.60. The monoisotopic (exact) mass is 436 g/mol. The van der Waals surface area contributed by atoms with Gasteiger partial charge in [-0.1, -0.05) is 23.4 Å². The lowest BCUT2D eigenvalue weighted by molar-refractivity contribution is -0.117. The van der Waals surface area contributed by atoms with Gasteiger partial charge in [-0.3, -0.25) is 9.59 Å². The number of carbonyl (C=O) groups is 2. The summed E-state index contributed by atoms with van der Waals surface area (Å²) in [4.78, 5) is 29.8. The van der Waals surface area contributed by atoms with Crippen LogP contribution in [0.15, 0.2) is 70.6 Å². The third-order valence-corrected chi connectivity index (χ3v) is 5.33. The number of carbonyl (C=O) groups excluding carboxylic acids is 2. The maximum Gasteiger partial charge on any atom is 0.270 e. The van der Waals surface area contributed by atoms with E-state index in [-0.39, 0.29) is 23.5 Å². The molecule has 4 aromatic rings. The van der Waals surface area contributed by atoms with E-state index in [9.17, 15) is 14.0 Å². The molecule has 0 aliphatic heterocycles. The van der Waals surface area contributed by atoms with E-state index in [0.717, 1.165) is 0 Å². The van der Waals surface area contributed by atoms with Crippen molar-refractivity contribution in [1.82, 2.24) is 15.5 Å². The van der Waals surface area contributed by atoms with Crippen molar-refractivity contribution in [2.75, 3.05) is 5.32 Å². The highest BCUT2D eigenvalue weighted by Crippen LogP contribution is 2.33. The number of halogens is 1. The largest absolute Gasteiger partial charge is 0.341 e. The third kappa shape index (κ3) is 4.67. The van der Waals surface area contributed by atoms with Crippen LogP contribution in [-0.4, -0.2) is 28.0 Å². The van der Waals surface area contributed by atoms with E-state index >= 15 is 0 Å². The molecule has 156 valence electrons. The summed E-state index contributed by atoms with van der Waals surface area (Å²) in [5, 5.41) is 11.2. The Morgan fingerprint density at radius 1 is 1.06 bits per heavy atom. The Balaban J connectivity index is 1.45. The predicted molar refractivity (Wildman–Crippen MR) is 115 cm³/mol. The topological polar surface area (TPSA) is 97.1 Å². The Bertz CT molecular complexity index is 1200. The number of nitrogens with zero attached hydrogens (tertiary/aromatic N) is 2. The summed E-state index contributed by atoms with van der Waals surface area (Å²) in [5.41, 5.74) is 1.57. The van der Waals surface area contributed by atoms with E-state index in [4.69, 9.17) is 4.52 Å². The van der Waals surface area contributed by atoms with Gasteiger partial charge in [0.05, 0.1) is 5.69 Å². The molecular formula is C22H17FN4O3S. The molecule has 2 aromatic heterocycles. The fraction of sp³-hybridized carbons (Fsp3) is 0.0909. The first kappa shape index (κ1) is 20.4. The van der Waals surface area contributed by atoms with Crippen LogP contribution in [0.3, 0.4) is 0 Å². The number of benzene rings is 2. The molecular weight excluding hydrogens is 419 g/mol.